The molecule has 0 radical (unpaired) electrons. The minimum absolute atomic E-state index is 1.21. The number of hydrogen-bond acceptors (Lipinski definition) is 1. The molecular formula is C7H12NS+. The number of rotatable bonds is 3. The number of thiophene rings is 1. The maximum Gasteiger partial charge on any atom is 0.0802 e. The number of hydrogen-bond donors (Lipinski definition) is 1. The summed E-state index contributed by atoms with van der Waals surface area (Å²) < 4.78 is 0. The molecule has 1 aromatic heterocycles. The highest BCUT2D eigenvalue weighted by molar-refractivity contribution is 7.09. The maximum absolute atomic E-state index is 2.21. The Morgan fingerprint density at radius 2 is 2.56 bits per heavy atom. The van der Waals surface area contributed by atoms with Gasteiger partial charge in [0.05, 0.1) is 13.6 Å². The monoisotopic (exact) mass is 142 g/mol. The molecule has 0 amide bonds. The van der Waals surface area contributed by atoms with E-state index < -0.39 is 0 Å². The van der Waals surface area contributed by atoms with Gasteiger partial charge in [0.25, 0.3) is 0 Å². The summed E-state index contributed by atoms with van der Waals surface area (Å²) >= 11 is 1.84. The molecule has 0 saturated carbocycles. The smallest absolute Gasteiger partial charge is 0.0802 e. The molecule has 50 valence electrons. The Hall–Kier alpha value is -0.340. The van der Waals surface area contributed by atoms with Crippen LogP contribution in [-0.4, -0.2) is 13.6 Å². The minimum Gasteiger partial charge on any atom is -0.348 e. The van der Waals surface area contributed by atoms with Crippen molar-refractivity contribution in [2.75, 3.05) is 13.6 Å². The van der Waals surface area contributed by atoms with E-state index >= 15 is 0 Å². The van der Waals surface area contributed by atoms with E-state index in [0.717, 1.165) is 0 Å². The molecule has 0 aromatic carbocycles. The maximum atomic E-state index is 2.21. The molecule has 0 bridgehead atoms. The topological polar surface area (TPSA) is 16.6 Å². The van der Waals surface area contributed by atoms with Gasteiger partial charge in [-0.3, -0.25) is 0 Å². The van der Waals surface area contributed by atoms with Crippen LogP contribution >= 0.6 is 11.3 Å². The first kappa shape index (κ1) is 6.78. The Kier molecular flexibility index (Phi) is 2.74. The lowest BCUT2D eigenvalue weighted by atomic mass is 10.3. The molecule has 2 N–H and O–H groups in total. The molecule has 2 heteroatoms. The number of likely N-dealkylation sites (N-methyl/N-ethyl adjacent to an activating group) is 1. The van der Waals surface area contributed by atoms with Gasteiger partial charge in [-0.15, -0.1) is 11.3 Å². The van der Waals surface area contributed by atoms with Gasteiger partial charge in [-0.1, -0.05) is 6.07 Å². The van der Waals surface area contributed by atoms with E-state index in [2.05, 4.69) is 29.9 Å². The van der Waals surface area contributed by atoms with Gasteiger partial charge < -0.3 is 5.32 Å². The van der Waals surface area contributed by atoms with E-state index in [1.165, 1.54) is 17.8 Å². The third-order valence-electron chi connectivity index (χ3n) is 1.26. The second kappa shape index (κ2) is 3.64. The van der Waals surface area contributed by atoms with Crippen LogP contribution in [0.4, 0.5) is 0 Å². The second-order valence-electron chi connectivity index (χ2n) is 2.03. The molecule has 0 atom stereocenters. The number of quaternary nitrogens is 1. The highest BCUT2D eigenvalue weighted by Gasteiger charge is 1.91. The molecule has 0 fully saturated rings. The first-order valence-corrected chi connectivity index (χ1v) is 4.11. The third kappa shape index (κ3) is 2.16. The van der Waals surface area contributed by atoms with Crippen LogP contribution in [0.3, 0.4) is 0 Å². The van der Waals surface area contributed by atoms with Gasteiger partial charge in [-0.05, 0) is 11.4 Å². The summed E-state index contributed by atoms with van der Waals surface area (Å²) in [6.45, 7) is 1.21. The summed E-state index contributed by atoms with van der Waals surface area (Å²) in [7, 11) is 2.10. The highest BCUT2D eigenvalue weighted by atomic mass is 32.1. The molecule has 1 aromatic rings. The Morgan fingerprint density at radius 3 is 3.11 bits per heavy atom. The van der Waals surface area contributed by atoms with Crippen molar-refractivity contribution in [1.29, 1.82) is 0 Å². The largest absolute Gasteiger partial charge is 0.348 e. The van der Waals surface area contributed by atoms with Crippen LogP contribution in [0.25, 0.3) is 0 Å². The Balaban J connectivity index is 2.30. The molecule has 0 aliphatic carbocycles. The van der Waals surface area contributed by atoms with Crippen molar-refractivity contribution < 1.29 is 5.32 Å². The Bertz CT molecular complexity index is 146. The summed E-state index contributed by atoms with van der Waals surface area (Å²) in [5, 5.41) is 4.34. The molecule has 0 spiro atoms. The lowest BCUT2D eigenvalue weighted by molar-refractivity contribution is -0.626. The van der Waals surface area contributed by atoms with Crippen LogP contribution in [0.2, 0.25) is 0 Å². The van der Waals surface area contributed by atoms with Crippen molar-refractivity contribution in [2.45, 2.75) is 6.42 Å². The molecule has 1 rings (SSSR count). The number of nitrogens with two attached hydrogens (primary N) is 1. The van der Waals surface area contributed by atoms with E-state index in [9.17, 15) is 0 Å². The van der Waals surface area contributed by atoms with E-state index in [0.29, 0.717) is 0 Å². The second-order valence-corrected chi connectivity index (χ2v) is 3.06. The lowest BCUT2D eigenvalue weighted by Crippen LogP contribution is -2.80. The fourth-order valence-corrected chi connectivity index (χ4v) is 1.47. The van der Waals surface area contributed by atoms with Crippen LogP contribution in [0.15, 0.2) is 17.5 Å². The van der Waals surface area contributed by atoms with Gasteiger partial charge >= 0.3 is 0 Å². The van der Waals surface area contributed by atoms with Gasteiger partial charge in [-0.25, -0.2) is 0 Å². The molecule has 1 heterocycles. The SMILES string of the molecule is C[NH2+]CCc1cccs1. The zero-order valence-corrected chi connectivity index (χ0v) is 6.45. The standard InChI is InChI=1S/C7H11NS/c1-8-5-4-7-3-2-6-9-7/h2-3,6,8H,4-5H2,1H3/p+1. The molecule has 0 saturated heterocycles. The zero-order valence-electron chi connectivity index (χ0n) is 5.63. The normalized spacial score (nSPS) is 9.89. The first-order chi connectivity index (χ1) is 4.43. The van der Waals surface area contributed by atoms with E-state index in [4.69, 9.17) is 0 Å². The summed E-state index contributed by atoms with van der Waals surface area (Å²) in [4.78, 5) is 1.49. The summed E-state index contributed by atoms with van der Waals surface area (Å²) in [6, 6.07) is 4.30. The molecular weight excluding hydrogens is 130 g/mol. The van der Waals surface area contributed by atoms with E-state index in [1.54, 1.807) is 0 Å². The third-order valence-corrected chi connectivity index (χ3v) is 2.20. The van der Waals surface area contributed by atoms with Crippen molar-refractivity contribution in [1.82, 2.24) is 0 Å². The average Bonchev–Trinajstić information content (AvgIpc) is 2.34. The zero-order chi connectivity index (χ0) is 6.53. The van der Waals surface area contributed by atoms with Gasteiger partial charge in [0.2, 0.25) is 0 Å². The average molecular weight is 142 g/mol. The summed E-state index contributed by atoms with van der Waals surface area (Å²) in [6.07, 6.45) is 1.22. The molecule has 0 aliphatic heterocycles. The lowest BCUT2D eigenvalue weighted by Gasteiger charge is -1.90. The van der Waals surface area contributed by atoms with Crippen molar-refractivity contribution in [3.05, 3.63) is 22.4 Å². The van der Waals surface area contributed by atoms with Gasteiger partial charge in [-0.2, -0.15) is 0 Å². The van der Waals surface area contributed by atoms with Gasteiger partial charge in [0.15, 0.2) is 0 Å². The minimum atomic E-state index is 1.21. The van der Waals surface area contributed by atoms with Crippen molar-refractivity contribution in [3.8, 4) is 0 Å². The molecule has 9 heavy (non-hydrogen) atoms. The predicted octanol–water partition coefficient (Wildman–Crippen LogP) is 0.484. The van der Waals surface area contributed by atoms with E-state index in [1.807, 2.05) is 11.3 Å². The van der Waals surface area contributed by atoms with Crippen molar-refractivity contribution in [2.24, 2.45) is 0 Å². The molecule has 0 unspecified atom stereocenters. The van der Waals surface area contributed by atoms with E-state index in [-0.39, 0.29) is 0 Å². The van der Waals surface area contributed by atoms with Crippen molar-refractivity contribution in [3.63, 3.8) is 0 Å². The summed E-state index contributed by atoms with van der Waals surface area (Å²) in [5.41, 5.74) is 0. The van der Waals surface area contributed by atoms with Crippen LogP contribution in [0.5, 0.6) is 0 Å². The van der Waals surface area contributed by atoms with Crippen LogP contribution in [-0.2, 0) is 6.42 Å². The highest BCUT2D eigenvalue weighted by Crippen LogP contribution is 2.07. The summed E-state index contributed by atoms with van der Waals surface area (Å²) in [5.74, 6) is 0. The quantitative estimate of drug-likeness (QED) is 0.632. The molecule has 0 aliphatic rings. The van der Waals surface area contributed by atoms with Gasteiger partial charge in [0.1, 0.15) is 0 Å². The van der Waals surface area contributed by atoms with Crippen LogP contribution in [0.1, 0.15) is 4.88 Å². The van der Waals surface area contributed by atoms with Crippen LogP contribution in [0, 0.1) is 0 Å². The fraction of sp³-hybridized carbons (Fsp3) is 0.429. The van der Waals surface area contributed by atoms with Crippen LogP contribution < -0.4 is 5.32 Å². The van der Waals surface area contributed by atoms with Crippen molar-refractivity contribution >= 4 is 11.3 Å². The first-order valence-electron chi connectivity index (χ1n) is 3.23. The Labute approximate surface area is 59.7 Å². The fourth-order valence-electron chi connectivity index (χ4n) is 0.741. The predicted molar refractivity (Wildman–Crippen MR) is 40.7 cm³/mol. The van der Waals surface area contributed by atoms with Gasteiger partial charge in [0, 0.05) is 11.3 Å². The Morgan fingerprint density at radius 1 is 1.67 bits per heavy atom. The molecule has 1 nitrogen and oxygen atoms in total.